The first-order valence-corrected chi connectivity index (χ1v) is 12.5. The number of carbonyl (C=O) groups excluding carboxylic acids is 1. The van der Waals surface area contributed by atoms with Crippen LogP contribution in [0.25, 0.3) is 0 Å². The van der Waals surface area contributed by atoms with Crippen molar-refractivity contribution in [2.24, 2.45) is 5.41 Å². The molecule has 0 aromatic heterocycles. The van der Waals surface area contributed by atoms with E-state index in [0.29, 0.717) is 32.1 Å². The molecule has 0 radical (unpaired) electrons. The van der Waals surface area contributed by atoms with Crippen LogP contribution in [-0.2, 0) is 30.5 Å². The number of carbonyl (C=O) groups is 1. The van der Waals surface area contributed by atoms with Gasteiger partial charge in [0.15, 0.2) is 0 Å². The minimum atomic E-state index is -0.897. The smallest absolute Gasteiger partial charge is 0.142 e. The first kappa shape index (κ1) is 24.6. The molecule has 178 valence electrons. The summed E-state index contributed by atoms with van der Waals surface area (Å²) >= 11 is 0. The summed E-state index contributed by atoms with van der Waals surface area (Å²) in [6, 6.07) is 40.6. The second-order valence-corrected chi connectivity index (χ2v) is 9.43. The third-order valence-corrected chi connectivity index (χ3v) is 6.95. The van der Waals surface area contributed by atoms with Gasteiger partial charge in [-0.1, -0.05) is 121 Å². The zero-order chi connectivity index (χ0) is 24.3. The third-order valence-electron chi connectivity index (χ3n) is 6.95. The van der Waals surface area contributed by atoms with Gasteiger partial charge in [-0.05, 0) is 54.4 Å². The Morgan fingerprint density at radius 1 is 0.571 bits per heavy atom. The lowest BCUT2D eigenvalue weighted by Gasteiger charge is -2.38. The fraction of sp³-hybridized carbons (Fsp3) is 0.242. The molecule has 1 N–H and O–H groups in total. The number of aliphatic hydroxyl groups is 1. The van der Waals surface area contributed by atoms with Crippen molar-refractivity contribution >= 4 is 5.78 Å². The molecule has 0 amide bonds. The molecule has 0 aliphatic rings. The fourth-order valence-electron chi connectivity index (χ4n) is 4.98. The van der Waals surface area contributed by atoms with Gasteiger partial charge in [0.1, 0.15) is 5.78 Å². The molecule has 0 aliphatic carbocycles. The number of aliphatic hydroxyl groups excluding tert-OH is 1. The van der Waals surface area contributed by atoms with Crippen molar-refractivity contribution in [3.63, 3.8) is 0 Å². The Labute approximate surface area is 209 Å². The highest BCUT2D eigenvalue weighted by atomic mass is 16.3. The molecule has 0 fully saturated rings. The number of hydrogen-bond acceptors (Lipinski definition) is 2. The van der Waals surface area contributed by atoms with Crippen LogP contribution in [0.5, 0.6) is 0 Å². The number of hydrogen-bond donors (Lipinski definition) is 1. The van der Waals surface area contributed by atoms with Gasteiger partial charge in [-0.3, -0.25) is 4.79 Å². The molecule has 35 heavy (non-hydrogen) atoms. The summed E-state index contributed by atoms with van der Waals surface area (Å²) in [6.07, 6.45) is 2.65. The van der Waals surface area contributed by atoms with Crippen molar-refractivity contribution < 1.29 is 9.90 Å². The van der Waals surface area contributed by atoms with Crippen LogP contribution in [0.4, 0.5) is 0 Å². The number of Topliss-reactive ketones (excluding diaryl/α,β-unsaturated/α-hetero) is 1. The Hall–Kier alpha value is -3.49. The topological polar surface area (TPSA) is 37.3 Å². The highest BCUT2D eigenvalue weighted by molar-refractivity contribution is 5.86. The maximum Gasteiger partial charge on any atom is 0.142 e. The van der Waals surface area contributed by atoms with E-state index >= 15 is 0 Å². The van der Waals surface area contributed by atoms with Gasteiger partial charge in [-0.25, -0.2) is 0 Å². The van der Waals surface area contributed by atoms with E-state index in [1.165, 1.54) is 5.56 Å². The molecule has 0 bridgehead atoms. The summed E-state index contributed by atoms with van der Waals surface area (Å²) in [5.74, 6) is 0.134. The van der Waals surface area contributed by atoms with Crippen molar-refractivity contribution in [2.45, 2.75) is 44.6 Å². The van der Waals surface area contributed by atoms with Crippen LogP contribution in [-0.4, -0.2) is 17.0 Å². The Balaban J connectivity index is 1.66. The van der Waals surface area contributed by atoms with Crippen LogP contribution in [0.2, 0.25) is 0 Å². The molecule has 4 aromatic carbocycles. The van der Waals surface area contributed by atoms with E-state index in [4.69, 9.17) is 0 Å². The molecule has 2 nitrogen and oxygen atoms in total. The molecular formula is C33H34O2. The van der Waals surface area contributed by atoms with E-state index in [-0.39, 0.29) is 5.78 Å². The summed E-state index contributed by atoms with van der Waals surface area (Å²) in [5.41, 5.74) is 3.58. The molecular weight excluding hydrogens is 428 g/mol. The fourth-order valence-corrected chi connectivity index (χ4v) is 4.98. The lowest BCUT2D eigenvalue weighted by Crippen LogP contribution is -2.46. The molecule has 1 unspecified atom stereocenters. The monoisotopic (exact) mass is 462 g/mol. The highest BCUT2D eigenvalue weighted by Gasteiger charge is 2.44. The molecule has 2 heteroatoms. The summed E-state index contributed by atoms with van der Waals surface area (Å²) in [4.78, 5) is 14.1. The first-order chi connectivity index (χ1) is 17.2. The Morgan fingerprint density at radius 3 is 1.37 bits per heavy atom. The molecule has 1 atom stereocenters. The average molecular weight is 463 g/mol. The predicted molar refractivity (Wildman–Crippen MR) is 143 cm³/mol. The maximum absolute atomic E-state index is 14.1. The first-order valence-electron chi connectivity index (χ1n) is 12.5. The molecule has 0 saturated carbocycles. The summed E-state index contributed by atoms with van der Waals surface area (Å²) in [6.45, 7) is 0. The Kier molecular flexibility index (Phi) is 8.64. The number of ketones is 1. The second kappa shape index (κ2) is 12.3. The largest absolute Gasteiger partial charge is 0.392 e. The zero-order valence-electron chi connectivity index (χ0n) is 20.2. The summed E-state index contributed by atoms with van der Waals surface area (Å²) in [7, 11) is 0. The minimum Gasteiger partial charge on any atom is -0.392 e. The average Bonchev–Trinajstić information content (AvgIpc) is 2.92. The maximum atomic E-state index is 14.1. The normalized spacial score (nSPS) is 12.3. The van der Waals surface area contributed by atoms with Crippen LogP contribution in [0.3, 0.4) is 0 Å². The molecule has 4 aromatic rings. The van der Waals surface area contributed by atoms with Gasteiger partial charge in [0.2, 0.25) is 0 Å². The Bertz CT molecular complexity index is 1110. The van der Waals surface area contributed by atoms with Gasteiger partial charge in [0, 0.05) is 6.42 Å². The number of aryl methyl sites for hydroxylation is 2. The van der Waals surface area contributed by atoms with E-state index in [9.17, 15) is 9.90 Å². The summed E-state index contributed by atoms with van der Waals surface area (Å²) < 4.78 is 0. The Morgan fingerprint density at radius 2 is 0.943 bits per heavy atom. The van der Waals surface area contributed by atoms with Crippen LogP contribution in [0.1, 0.15) is 35.1 Å². The molecule has 0 aliphatic heterocycles. The highest BCUT2D eigenvalue weighted by Crippen LogP contribution is 2.37. The lowest BCUT2D eigenvalue weighted by molar-refractivity contribution is -0.136. The second-order valence-electron chi connectivity index (χ2n) is 9.43. The van der Waals surface area contributed by atoms with Crippen molar-refractivity contribution in [2.75, 3.05) is 0 Å². The van der Waals surface area contributed by atoms with Gasteiger partial charge in [0.05, 0.1) is 11.5 Å². The predicted octanol–water partition coefficient (Wildman–Crippen LogP) is 6.65. The van der Waals surface area contributed by atoms with Gasteiger partial charge < -0.3 is 5.11 Å². The lowest BCUT2D eigenvalue weighted by atomic mass is 9.67. The molecule has 0 spiro atoms. The van der Waals surface area contributed by atoms with Gasteiger partial charge in [-0.15, -0.1) is 0 Å². The van der Waals surface area contributed by atoms with E-state index < -0.39 is 11.5 Å². The van der Waals surface area contributed by atoms with E-state index in [2.05, 4.69) is 48.5 Å². The van der Waals surface area contributed by atoms with Gasteiger partial charge in [-0.2, -0.15) is 0 Å². The van der Waals surface area contributed by atoms with E-state index in [1.807, 2.05) is 72.8 Å². The minimum absolute atomic E-state index is 0.134. The number of rotatable bonds is 12. The number of benzene rings is 4. The third kappa shape index (κ3) is 6.77. The standard InChI is InChI=1S/C33H34O2/c34-31(23-21-27-13-5-1-6-14-27)33(25-29-17-9-3-10-18-29,26-30-19-11-4-12-20-30)32(35)24-22-28-15-7-2-8-16-28/h1-20,31,34H,21-26H2. The van der Waals surface area contributed by atoms with Crippen molar-refractivity contribution in [1.82, 2.24) is 0 Å². The van der Waals surface area contributed by atoms with Crippen molar-refractivity contribution in [3.8, 4) is 0 Å². The molecule has 0 saturated heterocycles. The van der Waals surface area contributed by atoms with E-state index in [1.54, 1.807) is 0 Å². The van der Waals surface area contributed by atoms with Crippen molar-refractivity contribution in [1.29, 1.82) is 0 Å². The van der Waals surface area contributed by atoms with Crippen molar-refractivity contribution in [3.05, 3.63) is 144 Å². The quantitative estimate of drug-likeness (QED) is 0.256. The molecule has 4 rings (SSSR count). The van der Waals surface area contributed by atoms with Crippen LogP contribution in [0.15, 0.2) is 121 Å². The van der Waals surface area contributed by atoms with Gasteiger partial charge in [0.25, 0.3) is 0 Å². The zero-order valence-corrected chi connectivity index (χ0v) is 20.2. The SMILES string of the molecule is O=C(CCc1ccccc1)C(Cc1ccccc1)(Cc1ccccc1)C(O)CCc1ccccc1. The summed E-state index contributed by atoms with van der Waals surface area (Å²) in [5, 5.41) is 11.8. The van der Waals surface area contributed by atoms with Gasteiger partial charge >= 0.3 is 0 Å². The van der Waals surface area contributed by atoms with Crippen LogP contribution in [0, 0.1) is 5.41 Å². The van der Waals surface area contributed by atoms with Crippen LogP contribution >= 0.6 is 0 Å². The van der Waals surface area contributed by atoms with Crippen LogP contribution < -0.4 is 0 Å². The molecule has 0 heterocycles. The van der Waals surface area contributed by atoms with E-state index in [0.717, 1.165) is 23.1 Å².